The molecule has 6 rings (SSSR count). The normalized spacial score (nSPS) is 21.6. The zero-order valence-corrected chi connectivity index (χ0v) is 27.5. The van der Waals surface area contributed by atoms with Crippen molar-refractivity contribution in [1.82, 2.24) is 24.4 Å². The molecule has 1 fully saturated rings. The highest BCUT2D eigenvalue weighted by molar-refractivity contribution is 5.83. The third-order valence-electron chi connectivity index (χ3n) is 9.48. The largest absolute Gasteiger partial charge is 0.481 e. The standard InChI is InChI=1S/C35H39F3N6O3/c1-20(2)14-28-34(47)44(19-30(44)26-15-24(35(36,37)38)23(18-42(26)28)11-13-41(5)6)29(17-32(45)46)27-16-25(40-31-10-12-39-43(27)31)33-21(3)8-7-9-22(33)4/h7-10,12,15-16,18,20,28-29H,11,13-14,17,19H2,1-6H3/p+1/t28-,29+,44?/m1/s1. The first kappa shape index (κ1) is 32.6. The predicted molar refractivity (Wildman–Crippen MR) is 171 cm³/mol. The van der Waals surface area contributed by atoms with Crippen molar-refractivity contribution in [2.75, 3.05) is 27.2 Å². The zero-order valence-electron chi connectivity index (χ0n) is 27.5. The van der Waals surface area contributed by atoms with E-state index in [1.165, 1.54) is 12.3 Å². The van der Waals surface area contributed by atoms with E-state index < -0.39 is 36.2 Å². The SMILES string of the molecule is Cc1cccc(C)c1-c1cc([C@H](CC(=O)O)[N+]23CC2=C2C=C(C(F)(F)F)C(CCN(C)C)=CN2[C@H](CC(C)C)C3=O)n2nccc2n1. The number of hydrogen-bond donors (Lipinski definition) is 1. The topological polar surface area (TPSA) is 91.0 Å². The number of benzene rings is 1. The number of allylic oxidation sites excluding steroid dienone is 2. The van der Waals surface area contributed by atoms with Gasteiger partial charge in [-0.15, -0.1) is 0 Å². The molecule has 1 saturated heterocycles. The molecule has 248 valence electrons. The number of amides is 1. The molecular weight excluding hydrogens is 609 g/mol. The van der Waals surface area contributed by atoms with Crippen LogP contribution >= 0.6 is 0 Å². The summed E-state index contributed by atoms with van der Waals surface area (Å²) >= 11 is 0. The monoisotopic (exact) mass is 649 g/mol. The van der Waals surface area contributed by atoms with Gasteiger partial charge in [0.15, 0.2) is 23.9 Å². The third-order valence-corrected chi connectivity index (χ3v) is 9.48. The minimum atomic E-state index is -4.61. The number of rotatable bonds is 10. The Bertz CT molecular complexity index is 1850. The summed E-state index contributed by atoms with van der Waals surface area (Å²) in [5, 5.41) is 14.7. The minimum absolute atomic E-state index is 0.0469. The second-order valence-corrected chi connectivity index (χ2v) is 13.6. The lowest BCUT2D eigenvalue weighted by Gasteiger charge is -2.40. The van der Waals surface area contributed by atoms with Gasteiger partial charge in [0.05, 0.1) is 17.5 Å². The van der Waals surface area contributed by atoms with Crippen LogP contribution in [0.3, 0.4) is 0 Å². The first-order valence-corrected chi connectivity index (χ1v) is 15.9. The summed E-state index contributed by atoms with van der Waals surface area (Å²) < 4.78 is 44.9. The Hall–Kier alpha value is -4.29. The van der Waals surface area contributed by atoms with Crippen LogP contribution in [0.25, 0.3) is 16.9 Å². The van der Waals surface area contributed by atoms with Crippen LogP contribution in [0.5, 0.6) is 0 Å². The molecule has 3 aliphatic rings. The molecule has 1 aromatic carbocycles. The molecule has 0 spiro atoms. The molecule has 3 aromatic rings. The van der Waals surface area contributed by atoms with Gasteiger partial charge in [0.1, 0.15) is 23.9 Å². The van der Waals surface area contributed by atoms with Gasteiger partial charge < -0.3 is 14.9 Å². The maximum atomic E-state index is 14.8. The van der Waals surface area contributed by atoms with E-state index in [0.717, 1.165) is 16.7 Å². The highest BCUT2D eigenvalue weighted by atomic mass is 19.4. The molecule has 3 atom stereocenters. The fraction of sp³-hybridized carbons (Fsp3) is 0.429. The number of carboxylic acids is 1. The van der Waals surface area contributed by atoms with E-state index in [4.69, 9.17) is 4.98 Å². The molecule has 2 aromatic heterocycles. The van der Waals surface area contributed by atoms with Crippen molar-refractivity contribution in [3.63, 3.8) is 0 Å². The molecule has 47 heavy (non-hydrogen) atoms. The Labute approximate surface area is 271 Å². The maximum absolute atomic E-state index is 14.8. The third kappa shape index (κ3) is 5.67. The number of carbonyl (C=O) groups excluding carboxylic acids is 1. The molecule has 0 saturated carbocycles. The van der Waals surface area contributed by atoms with Crippen LogP contribution in [-0.4, -0.2) is 85.3 Å². The molecule has 1 unspecified atom stereocenters. The lowest BCUT2D eigenvalue weighted by molar-refractivity contribution is -0.740. The van der Waals surface area contributed by atoms with Crippen LogP contribution in [0.2, 0.25) is 0 Å². The van der Waals surface area contributed by atoms with Crippen LogP contribution in [-0.2, 0) is 9.59 Å². The molecular formula is C35H40F3N6O3+. The van der Waals surface area contributed by atoms with E-state index in [2.05, 4.69) is 5.10 Å². The number of aromatic nitrogens is 3. The Morgan fingerprint density at radius 1 is 1.17 bits per heavy atom. The summed E-state index contributed by atoms with van der Waals surface area (Å²) in [5.74, 6) is -1.30. The predicted octanol–water partition coefficient (Wildman–Crippen LogP) is 6.17. The highest BCUT2D eigenvalue weighted by Gasteiger charge is 2.70. The fourth-order valence-electron chi connectivity index (χ4n) is 7.28. The minimum Gasteiger partial charge on any atom is -0.481 e. The number of carboxylic acid groups (broad SMARTS) is 1. The quantitative estimate of drug-likeness (QED) is 0.208. The molecule has 1 N–H and O–H groups in total. The Morgan fingerprint density at radius 3 is 2.49 bits per heavy atom. The average Bonchev–Trinajstić information content (AvgIpc) is 3.56. The number of carbonyl (C=O) groups is 2. The van der Waals surface area contributed by atoms with Crippen LogP contribution in [0.1, 0.15) is 56.0 Å². The Morgan fingerprint density at radius 2 is 1.87 bits per heavy atom. The summed E-state index contributed by atoms with van der Waals surface area (Å²) in [6, 6.07) is 7.69. The number of aliphatic carboxylic acids is 1. The molecule has 3 aliphatic heterocycles. The number of quaternary nitrogens is 1. The van der Waals surface area contributed by atoms with E-state index in [9.17, 15) is 27.9 Å². The van der Waals surface area contributed by atoms with E-state index >= 15 is 0 Å². The summed E-state index contributed by atoms with van der Waals surface area (Å²) in [4.78, 5) is 35.8. The molecule has 0 aliphatic carbocycles. The fourth-order valence-corrected chi connectivity index (χ4v) is 7.28. The van der Waals surface area contributed by atoms with Crippen molar-refractivity contribution in [3.05, 3.63) is 88.2 Å². The van der Waals surface area contributed by atoms with E-state index in [1.54, 1.807) is 41.8 Å². The summed E-state index contributed by atoms with van der Waals surface area (Å²) in [7, 11) is 3.61. The van der Waals surface area contributed by atoms with Crippen LogP contribution < -0.4 is 0 Å². The molecule has 12 heteroatoms. The zero-order chi connectivity index (χ0) is 34.0. The second-order valence-electron chi connectivity index (χ2n) is 13.6. The van der Waals surface area contributed by atoms with Gasteiger partial charge in [-0.25, -0.2) is 18.8 Å². The molecule has 5 heterocycles. The number of nitrogens with zero attached hydrogens (tertiary/aromatic N) is 6. The van der Waals surface area contributed by atoms with Gasteiger partial charge in [-0.1, -0.05) is 32.0 Å². The van der Waals surface area contributed by atoms with Crippen molar-refractivity contribution in [2.45, 2.75) is 65.2 Å². The number of hydrogen-bond acceptors (Lipinski definition) is 6. The summed E-state index contributed by atoms with van der Waals surface area (Å²) in [5.41, 5.74) is 4.64. The number of fused-ring (bicyclic) bond motifs is 3. The lowest BCUT2D eigenvalue weighted by Crippen LogP contribution is -2.54. The lowest BCUT2D eigenvalue weighted by atomic mass is 9.92. The van der Waals surface area contributed by atoms with E-state index in [-0.39, 0.29) is 34.8 Å². The molecule has 9 nitrogen and oxygen atoms in total. The van der Waals surface area contributed by atoms with Crippen LogP contribution in [0, 0.1) is 19.8 Å². The molecule has 0 bridgehead atoms. The van der Waals surface area contributed by atoms with Crippen molar-refractivity contribution in [3.8, 4) is 11.3 Å². The van der Waals surface area contributed by atoms with Crippen molar-refractivity contribution >= 4 is 17.5 Å². The van der Waals surface area contributed by atoms with Gasteiger partial charge in [0.2, 0.25) is 0 Å². The summed E-state index contributed by atoms with van der Waals surface area (Å²) in [6.45, 7) is 8.41. The van der Waals surface area contributed by atoms with E-state index in [0.29, 0.717) is 41.4 Å². The Balaban J connectivity index is 1.58. The highest BCUT2D eigenvalue weighted by Crippen LogP contribution is 2.56. The van der Waals surface area contributed by atoms with Gasteiger partial charge in [-0.3, -0.25) is 4.79 Å². The Kier molecular flexibility index (Phi) is 8.16. The first-order chi connectivity index (χ1) is 22.1. The van der Waals surface area contributed by atoms with Gasteiger partial charge in [-0.05, 0) is 75.5 Å². The van der Waals surface area contributed by atoms with Gasteiger partial charge >= 0.3 is 18.1 Å². The number of aryl methyl sites for hydroxylation is 2. The van der Waals surface area contributed by atoms with Crippen LogP contribution in [0.15, 0.2) is 71.3 Å². The first-order valence-electron chi connectivity index (χ1n) is 15.9. The second kappa shape index (κ2) is 11.7. The molecule has 0 radical (unpaired) electrons. The smallest absolute Gasteiger partial charge is 0.416 e. The van der Waals surface area contributed by atoms with Crippen molar-refractivity contribution in [1.29, 1.82) is 0 Å². The van der Waals surface area contributed by atoms with E-state index in [1.807, 2.05) is 50.8 Å². The van der Waals surface area contributed by atoms with Gasteiger partial charge in [0.25, 0.3) is 0 Å². The van der Waals surface area contributed by atoms with Crippen molar-refractivity contribution < 1.29 is 32.3 Å². The van der Waals surface area contributed by atoms with Crippen LogP contribution in [0.4, 0.5) is 13.2 Å². The molecule has 1 amide bonds. The average molecular weight is 650 g/mol. The van der Waals surface area contributed by atoms with Gasteiger partial charge in [0, 0.05) is 24.4 Å². The number of alkyl halides is 3. The van der Waals surface area contributed by atoms with Gasteiger partial charge in [-0.2, -0.15) is 18.3 Å². The van der Waals surface area contributed by atoms with Crippen molar-refractivity contribution in [2.24, 2.45) is 5.92 Å². The summed E-state index contributed by atoms with van der Waals surface area (Å²) in [6.07, 6.45) is -0.224. The maximum Gasteiger partial charge on any atom is 0.416 e. The number of halogens is 3.